The van der Waals surface area contributed by atoms with Crippen LogP contribution >= 0.6 is 0 Å². The highest BCUT2D eigenvalue weighted by atomic mass is 14.9. The van der Waals surface area contributed by atoms with Crippen LogP contribution in [0.4, 0.5) is 0 Å². The van der Waals surface area contributed by atoms with Gasteiger partial charge in [0.25, 0.3) is 0 Å². The van der Waals surface area contributed by atoms with Crippen LogP contribution in [0, 0.1) is 5.41 Å². The van der Waals surface area contributed by atoms with Crippen molar-refractivity contribution in [2.75, 3.05) is 13.1 Å². The Bertz CT molecular complexity index is 104. The van der Waals surface area contributed by atoms with Gasteiger partial charge in [-0.1, -0.05) is 40.5 Å². The highest BCUT2D eigenvalue weighted by Gasteiger charge is 2.30. The summed E-state index contributed by atoms with van der Waals surface area (Å²) in [5.41, 5.74) is 0.677. The predicted octanol–water partition coefficient (Wildman–Crippen LogP) is 3.59. The second-order valence-corrected chi connectivity index (χ2v) is 3.88. The molecule has 1 atom stereocenters. The summed E-state index contributed by atoms with van der Waals surface area (Å²) >= 11 is 0. The van der Waals surface area contributed by atoms with E-state index in [9.17, 15) is 0 Å². The Morgan fingerprint density at radius 3 is 2.31 bits per heavy atom. The molecule has 1 N–H and O–H groups in total. The average molecular weight is 185 g/mol. The molecular formula is C12H27N. The molecule has 1 heterocycles. The van der Waals surface area contributed by atoms with Gasteiger partial charge in [0.15, 0.2) is 0 Å². The van der Waals surface area contributed by atoms with E-state index >= 15 is 0 Å². The minimum Gasteiger partial charge on any atom is -0.316 e. The first kappa shape index (κ1) is 13.0. The van der Waals surface area contributed by atoms with Crippen molar-refractivity contribution in [2.45, 2.75) is 59.8 Å². The van der Waals surface area contributed by atoms with Crippen molar-refractivity contribution in [3.05, 3.63) is 0 Å². The summed E-state index contributed by atoms with van der Waals surface area (Å²) in [7, 11) is 0. The van der Waals surface area contributed by atoms with Crippen LogP contribution in [-0.2, 0) is 0 Å². The second kappa shape index (κ2) is 7.37. The zero-order chi connectivity index (χ0) is 10.2. The third-order valence-electron chi connectivity index (χ3n) is 3.14. The molecule has 1 aliphatic heterocycles. The van der Waals surface area contributed by atoms with E-state index in [1.165, 1.54) is 45.2 Å². The first-order chi connectivity index (χ1) is 6.33. The van der Waals surface area contributed by atoms with E-state index in [-0.39, 0.29) is 0 Å². The van der Waals surface area contributed by atoms with Crippen LogP contribution in [0.3, 0.4) is 0 Å². The molecule has 1 heteroatoms. The molecule has 0 aromatic rings. The normalized spacial score (nSPS) is 26.8. The van der Waals surface area contributed by atoms with Gasteiger partial charge in [0, 0.05) is 6.54 Å². The molecule has 0 radical (unpaired) electrons. The molecule has 1 saturated heterocycles. The number of rotatable bonds is 4. The van der Waals surface area contributed by atoms with Gasteiger partial charge in [-0.15, -0.1) is 0 Å². The maximum Gasteiger partial charge on any atom is 0.000818 e. The molecule has 1 fully saturated rings. The van der Waals surface area contributed by atoms with E-state index in [2.05, 4.69) is 19.2 Å². The first-order valence-electron chi connectivity index (χ1n) is 6.04. The summed E-state index contributed by atoms with van der Waals surface area (Å²) in [6.07, 6.45) is 6.97. The summed E-state index contributed by atoms with van der Waals surface area (Å²) in [5.74, 6) is 0. The summed E-state index contributed by atoms with van der Waals surface area (Å²) in [4.78, 5) is 0. The van der Waals surface area contributed by atoms with Crippen LogP contribution in [0.15, 0.2) is 0 Å². The van der Waals surface area contributed by atoms with Crippen LogP contribution < -0.4 is 5.32 Å². The van der Waals surface area contributed by atoms with E-state index in [0.29, 0.717) is 5.41 Å². The maximum atomic E-state index is 3.47. The molecule has 0 aromatic carbocycles. The van der Waals surface area contributed by atoms with Crippen LogP contribution in [0.25, 0.3) is 0 Å². The van der Waals surface area contributed by atoms with Gasteiger partial charge >= 0.3 is 0 Å². The summed E-state index contributed by atoms with van der Waals surface area (Å²) in [5, 5.41) is 3.47. The molecule has 1 rings (SSSR count). The van der Waals surface area contributed by atoms with E-state index in [4.69, 9.17) is 0 Å². The van der Waals surface area contributed by atoms with Crippen molar-refractivity contribution in [1.82, 2.24) is 5.32 Å². The highest BCUT2D eigenvalue weighted by molar-refractivity contribution is 4.86. The fourth-order valence-electron chi connectivity index (χ4n) is 2.04. The second-order valence-electron chi connectivity index (χ2n) is 3.88. The molecule has 1 nitrogen and oxygen atoms in total. The minimum atomic E-state index is 0.677. The van der Waals surface area contributed by atoms with Gasteiger partial charge < -0.3 is 5.32 Å². The van der Waals surface area contributed by atoms with Crippen LogP contribution in [0.2, 0.25) is 0 Å². The Morgan fingerprint density at radius 2 is 1.92 bits per heavy atom. The van der Waals surface area contributed by atoms with Crippen molar-refractivity contribution < 1.29 is 0 Å². The lowest BCUT2D eigenvalue weighted by Crippen LogP contribution is -2.22. The molecule has 80 valence electrons. The Morgan fingerprint density at radius 1 is 1.23 bits per heavy atom. The van der Waals surface area contributed by atoms with Gasteiger partial charge in [-0.2, -0.15) is 0 Å². The fourth-order valence-corrected chi connectivity index (χ4v) is 2.04. The molecule has 1 unspecified atom stereocenters. The van der Waals surface area contributed by atoms with Crippen molar-refractivity contribution in [3.8, 4) is 0 Å². The van der Waals surface area contributed by atoms with E-state index in [1.54, 1.807) is 0 Å². The molecule has 0 aliphatic carbocycles. The molecule has 13 heavy (non-hydrogen) atoms. The Balaban J connectivity index is 0.000000671. The molecule has 1 aliphatic rings. The van der Waals surface area contributed by atoms with E-state index in [1.807, 2.05) is 13.8 Å². The van der Waals surface area contributed by atoms with Crippen LogP contribution in [0.1, 0.15) is 59.8 Å². The standard InChI is InChI=1S/C10H21N.C2H6/c1-3-5-6-10(4-2)7-8-11-9-10;1-2/h11H,3-9H2,1-2H3;1-2H3. The third-order valence-corrected chi connectivity index (χ3v) is 3.14. The van der Waals surface area contributed by atoms with E-state index in [0.717, 1.165) is 0 Å². The van der Waals surface area contributed by atoms with Crippen LogP contribution in [0.5, 0.6) is 0 Å². The molecular weight excluding hydrogens is 158 g/mol. The zero-order valence-electron chi connectivity index (χ0n) is 9.95. The fraction of sp³-hybridized carbons (Fsp3) is 1.00. The molecule has 0 aromatic heterocycles. The van der Waals surface area contributed by atoms with Gasteiger partial charge in [0.05, 0.1) is 0 Å². The van der Waals surface area contributed by atoms with E-state index < -0.39 is 0 Å². The van der Waals surface area contributed by atoms with Gasteiger partial charge in [-0.25, -0.2) is 0 Å². The van der Waals surface area contributed by atoms with Crippen LogP contribution in [-0.4, -0.2) is 13.1 Å². The monoisotopic (exact) mass is 185 g/mol. The maximum absolute atomic E-state index is 3.47. The lowest BCUT2D eigenvalue weighted by molar-refractivity contribution is 0.275. The molecule has 0 spiro atoms. The lowest BCUT2D eigenvalue weighted by Gasteiger charge is -2.26. The third kappa shape index (κ3) is 4.12. The Hall–Kier alpha value is -0.0400. The molecule has 0 saturated carbocycles. The lowest BCUT2D eigenvalue weighted by atomic mass is 9.80. The summed E-state index contributed by atoms with van der Waals surface area (Å²) in [6.45, 7) is 11.1. The minimum absolute atomic E-state index is 0.677. The number of unbranched alkanes of at least 4 members (excludes halogenated alkanes) is 1. The van der Waals surface area contributed by atoms with Gasteiger partial charge in [0.1, 0.15) is 0 Å². The van der Waals surface area contributed by atoms with Crippen molar-refractivity contribution >= 4 is 0 Å². The predicted molar refractivity (Wildman–Crippen MR) is 61.1 cm³/mol. The van der Waals surface area contributed by atoms with Gasteiger partial charge in [-0.3, -0.25) is 0 Å². The molecule has 0 amide bonds. The SMILES string of the molecule is CC.CCCCC1(CC)CCNC1. The smallest absolute Gasteiger partial charge is 0.000818 e. The quantitative estimate of drug-likeness (QED) is 0.705. The number of hydrogen-bond donors (Lipinski definition) is 1. The number of hydrogen-bond acceptors (Lipinski definition) is 1. The van der Waals surface area contributed by atoms with Crippen molar-refractivity contribution in [3.63, 3.8) is 0 Å². The largest absolute Gasteiger partial charge is 0.316 e. The van der Waals surface area contributed by atoms with Crippen molar-refractivity contribution in [1.29, 1.82) is 0 Å². The van der Waals surface area contributed by atoms with Gasteiger partial charge in [-0.05, 0) is 31.2 Å². The topological polar surface area (TPSA) is 12.0 Å². The number of nitrogens with one attached hydrogen (secondary N) is 1. The zero-order valence-corrected chi connectivity index (χ0v) is 9.95. The van der Waals surface area contributed by atoms with Crippen molar-refractivity contribution in [2.24, 2.45) is 5.41 Å². The Labute approximate surface area is 84.3 Å². The van der Waals surface area contributed by atoms with Gasteiger partial charge in [0.2, 0.25) is 0 Å². The summed E-state index contributed by atoms with van der Waals surface area (Å²) in [6, 6.07) is 0. The Kier molecular flexibility index (Phi) is 7.35. The molecule has 0 bridgehead atoms. The first-order valence-corrected chi connectivity index (χ1v) is 6.04. The average Bonchev–Trinajstić information content (AvgIpc) is 2.67. The highest BCUT2D eigenvalue weighted by Crippen LogP contribution is 2.34. The summed E-state index contributed by atoms with van der Waals surface area (Å²) < 4.78 is 0.